The number of rotatable bonds is 4. The summed E-state index contributed by atoms with van der Waals surface area (Å²) in [4.78, 5) is 4.81. The van der Waals surface area contributed by atoms with E-state index < -0.39 is 0 Å². The summed E-state index contributed by atoms with van der Waals surface area (Å²) in [6.07, 6.45) is 2.00. The van der Waals surface area contributed by atoms with Gasteiger partial charge in [0.1, 0.15) is 0 Å². The summed E-state index contributed by atoms with van der Waals surface area (Å²) >= 11 is 4.74. The Kier molecular flexibility index (Phi) is 6.05. The summed E-state index contributed by atoms with van der Waals surface area (Å²) in [6.45, 7) is 2.14. The van der Waals surface area contributed by atoms with Crippen LogP contribution in [0.1, 0.15) is 24.1 Å². The standard InChI is InChI=1S/C21H17I2N/c1-15(19-12-11-18(22)13-21(19)23)24-14-17-9-5-6-10-20(17)16-7-3-2-4-8-16/h2-15H,1H3/b24-14+. The van der Waals surface area contributed by atoms with Crippen molar-refractivity contribution in [3.63, 3.8) is 0 Å². The van der Waals surface area contributed by atoms with Gasteiger partial charge in [0.2, 0.25) is 0 Å². The van der Waals surface area contributed by atoms with Gasteiger partial charge in [0.25, 0.3) is 0 Å². The van der Waals surface area contributed by atoms with Crippen LogP contribution >= 0.6 is 45.2 Å². The molecule has 1 atom stereocenters. The van der Waals surface area contributed by atoms with Gasteiger partial charge in [-0.2, -0.15) is 0 Å². The quantitative estimate of drug-likeness (QED) is 0.258. The zero-order valence-corrected chi connectivity index (χ0v) is 17.6. The molecular formula is C21H17I2N. The maximum Gasteiger partial charge on any atom is 0.0731 e. The van der Waals surface area contributed by atoms with Crippen LogP contribution < -0.4 is 0 Å². The van der Waals surface area contributed by atoms with Crippen LogP contribution in [-0.2, 0) is 0 Å². The average molecular weight is 537 g/mol. The molecule has 0 heterocycles. The van der Waals surface area contributed by atoms with Crippen LogP contribution in [0.2, 0.25) is 0 Å². The lowest BCUT2D eigenvalue weighted by Gasteiger charge is -2.11. The molecule has 120 valence electrons. The number of nitrogens with zero attached hydrogens (tertiary/aromatic N) is 1. The van der Waals surface area contributed by atoms with Gasteiger partial charge in [-0.05, 0) is 80.9 Å². The molecule has 0 radical (unpaired) electrons. The van der Waals surface area contributed by atoms with Crippen molar-refractivity contribution < 1.29 is 0 Å². The van der Waals surface area contributed by atoms with E-state index in [-0.39, 0.29) is 6.04 Å². The van der Waals surface area contributed by atoms with Gasteiger partial charge < -0.3 is 0 Å². The number of aliphatic imine (C=N–C) groups is 1. The lowest BCUT2D eigenvalue weighted by Crippen LogP contribution is -1.96. The van der Waals surface area contributed by atoms with Gasteiger partial charge in [-0.1, -0.05) is 60.7 Å². The fourth-order valence-electron chi connectivity index (χ4n) is 2.60. The van der Waals surface area contributed by atoms with E-state index in [2.05, 4.69) is 119 Å². The Balaban J connectivity index is 1.90. The molecule has 0 aliphatic carbocycles. The minimum Gasteiger partial charge on any atom is -0.285 e. The van der Waals surface area contributed by atoms with Crippen molar-refractivity contribution in [2.24, 2.45) is 4.99 Å². The lowest BCUT2D eigenvalue weighted by molar-refractivity contribution is 0.819. The summed E-state index contributed by atoms with van der Waals surface area (Å²) in [6, 6.07) is 25.5. The molecule has 0 N–H and O–H groups in total. The molecule has 0 aromatic heterocycles. The third-order valence-electron chi connectivity index (χ3n) is 3.90. The topological polar surface area (TPSA) is 12.4 Å². The Morgan fingerprint density at radius 2 is 1.58 bits per heavy atom. The van der Waals surface area contributed by atoms with Gasteiger partial charge in [0.05, 0.1) is 6.04 Å². The third-order valence-corrected chi connectivity index (χ3v) is 5.50. The molecule has 0 saturated carbocycles. The van der Waals surface area contributed by atoms with E-state index in [0.29, 0.717) is 0 Å². The summed E-state index contributed by atoms with van der Waals surface area (Å²) in [7, 11) is 0. The maximum atomic E-state index is 4.81. The molecule has 1 nitrogen and oxygen atoms in total. The van der Waals surface area contributed by atoms with Crippen LogP contribution in [0, 0.1) is 7.14 Å². The van der Waals surface area contributed by atoms with Crippen LogP contribution in [-0.4, -0.2) is 6.21 Å². The molecule has 0 spiro atoms. The lowest BCUT2D eigenvalue weighted by atomic mass is 10.0. The summed E-state index contributed by atoms with van der Waals surface area (Å²) in [5, 5.41) is 0. The second kappa shape index (κ2) is 8.25. The van der Waals surface area contributed by atoms with E-state index in [1.807, 2.05) is 12.3 Å². The van der Waals surface area contributed by atoms with Crippen LogP contribution in [0.15, 0.2) is 77.8 Å². The van der Waals surface area contributed by atoms with Crippen molar-refractivity contribution in [2.45, 2.75) is 13.0 Å². The second-order valence-electron chi connectivity index (χ2n) is 5.57. The Morgan fingerprint density at radius 3 is 2.33 bits per heavy atom. The van der Waals surface area contributed by atoms with Crippen LogP contribution in [0.5, 0.6) is 0 Å². The average Bonchev–Trinajstić information content (AvgIpc) is 2.61. The van der Waals surface area contributed by atoms with Crippen molar-refractivity contribution in [3.05, 3.63) is 91.1 Å². The molecule has 0 aliphatic heterocycles. The molecule has 3 heteroatoms. The van der Waals surface area contributed by atoms with Crippen LogP contribution in [0.4, 0.5) is 0 Å². The fourth-order valence-corrected chi connectivity index (χ4v) is 4.66. The Bertz CT molecular complexity index is 857. The smallest absolute Gasteiger partial charge is 0.0731 e. The second-order valence-corrected chi connectivity index (χ2v) is 7.98. The van der Waals surface area contributed by atoms with Crippen LogP contribution in [0.25, 0.3) is 11.1 Å². The van der Waals surface area contributed by atoms with Crippen molar-refractivity contribution >= 4 is 51.4 Å². The highest BCUT2D eigenvalue weighted by atomic mass is 127. The number of hydrogen-bond acceptors (Lipinski definition) is 1. The van der Waals surface area contributed by atoms with Gasteiger partial charge in [0, 0.05) is 18.9 Å². The molecule has 3 rings (SSSR count). The first-order valence-electron chi connectivity index (χ1n) is 7.78. The molecule has 24 heavy (non-hydrogen) atoms. The Labute approximate surface area is 170 Å². The first kappa shape index (κ1) is 17.6. The zero-order valence-electron chi connectivity index (χ0n) is 13.3. The minimum absolute atomic E-state index is 0.137. The fraction of sp³-hybridized carbons (Fsp3) is 0.0952. The van der Waals surface area contributed by atoms with E-state index in [1.165, 1.54) is 23.8 Å². The number of hydrogen-bond donors (Lipinski definition) is 0. The highest BCUT2D eigenvalue weighted by Crippen LogP contribution is 2.26. The number of halogens is 2. The van der Waals surface area contributed by atoms with E-state index in [9.17, 15) is 0 Å². The summed E-state index contributed by atoms with van der Waals surface area (Å²) in [5.74, 6) is 0. The van der Waals surface area contributed by atoms with Gasteiger partial charge in [-0.25, -0.2) is 0 Å². The molecule has 0 fully saturated rings. The third kappa shape index (κ3) is 4.25. The first-order valence-corrected chi connectivity index (χ1v) is 9.93. The van der Waals surface area contributed by atoms with Gasteiger partial charge in [-0.15, -0.1) is 0 Å². The molecule has 0 aliphatic rings. The Hall–Kier alpha value is -1.21. The van der Waals surface area contributed by atoms with Gasteiger partial charge >= 0.3 is 0 Å². The number of benzene rings is 3. The predicted molar refractivity (Wildman–Crippen MR) is 120 cm³/mol. The summed E-state index contributed by atoms with van der Waals surface area (Å²) < 4.78 is 2.52. The minimum atomic E-state index is 0.137. The van der Waals surface area contributed by atoms with Crippen molar-refractivity contribution in [2.75, 3.05) is 0 Å². The van der Waals surface area contributed by atoms with Crippen molar-refractivity contribution in [3.8, 4) is 11.1 Å². The normalized spacial score (nSPS) is 12.5. The molecule has 0 bridgehead atoms. The summed E-state index contributed by atoms with van der Waals surface area (Å²) in [5.41, 5.74) is 4.85. The van der Waals surface area contributed by atoms with E-state index in [1.54, 1.807) is 0 Å². The van der Waals surface area contributed by atoms with Crippen molar-refractivity contribution in [1.29, 1.82) is 0 Å². The molecule has 1 unspecified atom stereocenters. The predicted octanol–water partition coefficient (Wildman–Crippen LogP) is 6.74. The first-order chi connectivity index (χ1) is 11.6. The molecule has 0 amide bonds. The maximum absolute atomic E-state index is 4.81. The molecule has 0 saturated heterocycles. The monoisotopic (exact) mass is 537 g/mol. The molecule has 3 aromatic rings. The van der Waals surface area contributed by atoms with Gasteiger partial charge in [-0.3, -0.25) is 4.99 Å². The highest BCUT2D eigenvalue weighted by molar-refractivity contribution is 14.1. The largest absolute Gasteiger partial charge is 0.285 e. The highest BCUT2D eigenvalue weighted by Gasteiger charge is 2.08. The zero-order chi connectivity index (χ0) is 16.9. The van der Waals surface area contributed by atoms with E-state index in [4.69, 9.17) is 4.99 Å². The van der Waals surface area contributed by atoms with Crippen LogP contribution in [0.3, 0.4) is 0 Å². The molecular weight excluding hydrogens is 520 g/mol. The van der Waals surface area contributed by atoms with Gasteiger partial charge in [0.15, 0.2) is 0 Å². The SMILES string of the molecule is CC(/N=C/c1ccccc1-c1ccccc1)c1ccc(I)cc1I. The van der Waals surface area contributed by atoms with E-state index >= 15 is 0 Å². The Morgan fingerprint density at radius 1 is 0.875 bits per heavy atom. The van der Waals surface area contributed by atoms with E-state index in [0.717, 1.165) is 5.56 Å². The van der Waals surface area contributed by atoms with Crippen molar-refractivity contribution in [1.82, 2.24) is 0 Å². The molecule has 3 aromatic carbocycles.